The van der Waals surface area contributed by atoms with Gasteiger partial charge in [0.2, 0.25) is 0 Å². The number of ether oxygens (including phenoxy) is 3. The van der Waals surface area contributed by atoms with Crippen molar-refractivity contribution in [3.63, 3.8) is 0 Å². The van der Waals surface area contributed by atoms with Gasteiger partial charge in [0.15, 0.2) is 0 Å². The SMILES string of the molecule is CCOC(=O)[C@H]1CC[C@@H](O[C@@H](CO)c2cc(F)ccc2OC)CC1. The molecule has 1 fully saturated rings. The van der Waals surface area contributed by atoms with Crippen LogP contribution in [0.15, 0.2) is 18.2 Å². The van der Waals surface area contributed by atoms with Crippen molar-refractivity contribution in [2.45, 2.75) is 44.8 Å². The molecule has 0 amide bonds. The molecule has 2 rings (SSSR count). The van der Waals surface area contributed by atoms with E-state index in [9.17, 15) is 14.3 Å². The van der Waals surface area contributed by atoms with Gasteiger partial charge >= 0.3 is 5.97 Å². The van der Waals surface area contributed by atoms with E-state index < -0.39 is 11.9 Å². The van der Waals surface area contributed by atoms with Crippen LogP contribution < -0.4 is 4.74 Å². The summed E-state index contributed by atoms with van der Waals surface area (Å²) in [4.78, 5) is 11.8. The quantitative estimate of drug-likeness (QED) is 0.773. The molecule has 0 heterocycles. The highest BCUT2D eigenvalue weighted by atomic mass is 19.1. The maximum atomic E-state index is 13.5. The number of rotatable bonds is 7. The van der Waals surface area contributed by atoms with Gasteiger partial charge in [0, 0.05) is 5.56 Å². The fourth-order valence-electron chi connectivity index (χ4n) is 3.10. The van der Waals surface area contributed by atoms with Gasteiger partial charge in [-0.1, -0.05) is 0 Å². The van der Waals surface area contributed by atoms with E-state index >= 15 is 0 Å². The highest BCUT2D eigenvalue weighted by Crippen LogP contribution is 2.34. The smallest absolute Gasteiger partial charge is 0.308 e. The Bertz CT molecular complexity index is 540. The van der Waals surface area contributed by atoms with Crippen LogP contribution >= 0.6 is 0 Å². The lowest BCUT2D eigenvalue weighted by molar-refractivity contribution is -0.150. The first-order chi connectivity index (χ1) is 11.6. The van der Waals surface area contributed by atoms with Crippen molar-refractivity contribution < 1.29 is 28.5 Å². The zero-order valence-electron chi connectivity index (χ0n) is 14.2. The molecule has 0 bridgehead atoms. The summed E-state index contributed by atoms with van der Waals surface area (Å²) in [5.41, 5.74) is 0.493. The number of carbonyl (C=O) groups excluding carboxylic acids is 1. The van der Waals surface area contributed by atoms with Gasteiger partial charge in [0.25, 0.3) is 0 Å². The lowest BCUT2D eigenvalue weighted by Crippen LogP contribution is -2.29. The summed E-state index contributed by atoms with van der Waals surface area (Å²) < 4.78 is 29.8. The normalized spacial score (nSPS) is 22.0. The maximum absolute atomic E-state index is 13.5. The highest BCUT2D eigenvalue weighted by Gasteiger charge is 2.30. The first kappa shape index (κ1) is 18.7. The molecule has 0 radical (unpaired) electrons. The summed E-state index contributed by atoms with van der Waals surface area (Å²) in [6.45, 7) is 1.92. The van der Waals surface area contributed by atoms with Crippen molar-refractivity contribution in [3.05, 3.63) is 29.6 Å². The van der Waals surface area contributed by atoms with Crippen LogP contribution in [0.25, 0.3) is 0 Å². The molecule has 0 aliphatic heterocycles. The third-order valence-electron chi connectivity index (χ3n) is 4.36. The van der Waals surface area contributed by atoms with Crippen LogP contribution in [-0.2, 0) is 14.3 Å². The molecular weight excluding hydrogens is 315 g/mol. The average molecular weight is 340 g/mol. The molecule has 0 spiro atoms. The minimum Gasteiger partial charge on any atom is -0.496 e. The molecule has 0 aromatic heterocycles. The Labute approximate surface area is 141 Å². The number of benzene rings is 1. The lowest BCUT2D eigenvalue weighted by Gasteiger charge is -2.30. The zero-order chi connectivity index (χ0) is 17.5. The number of methoxy groups -OCH3 is 1. The van der Waals surface area contributed by atoms with Crippen molar-refractivity contribution in [3.8, 4) is 5.75 Å². The Hall–Kier alpha value is -1.66. The molecule has 0 saturated heterocycles. The molecule has 5 nitrogen and oxygen atoms in total. The predicted molar refractivity (Wildman–Crippen MR) is 86.2 cm³/mol. The summed E-state index contributed by atoms with van der Waals surface area (Å²) in [6, 6.07) is 4.15. The largest absolute Gasteiger partial charge is 0.496 e. The van der Waals surface area contributed by atoms with Gasteiger partial charge in [-0.3, -0.25) is 4.79 Å². The fraction of sp³-hybridized carbons (Fsp3) is 0.611. The standard InChI is InChI=1S/C18H25FO5/c1-3-23-18(21)12-4-7-14(8-5-12)24-17(11-20)15-10-13(19)6-9-16(15)22-2/h6,9-10,12,14,17,20H,3-5,7-8,11H2,1-2H3/t12-,14+,17-/m0/s1. The molecule has 1 N–H and O–H groups in total. The van der Waals surface area contributed by atoms with E-state index in [1.54, 1.807) is 6.92 Å². The van der Waals surface area contributed by atoms with E-state index in [-0.39, 0.29) is 24.6 Å². The first-order valence-electron chi connectivity index (χ1n) is 8.35. The summed E-state index contributed by atoms with van der Waals surface area (Å²) in [5, 5.41) is 9.65. The third-order valence-corrected chi connectivity index (χ3v) is 4.36. The van der Waals surface area contributed by atoms with Gasteiger partial charge in [0.05, 0.1) is 32.3 Å². The summed E-state index contributed by atoms with van der Waals surface area (Å²) in [7, 11) is 1.50. The second kappa shape index (κ2) is 8.99. The van der Waals surface area contributed by atoms with Crippen LogP contribution in [0, 0.1) is 11.7 Å². The Morgan fingerprint density at radius 2 is 2.04 bits per heavy atom. The van der Waals surface area contributed by atoms with Crippen molar-refractivity contribution in [1.82, 2.24) is 0 Å². The van der Waals surface area contributed by atoms with Gasteiger partial charge in [-0.05, 0) is 50.8 Å². The molecular formula is C18H25FO5. The van der Waals surface area contributed by atoms with Crippen molar-refractivity contribution in [1.29, 1.82) is 0 Å². The van der Waals surface area contributed by atoms with Gasteiger partial charge in [-0.15, -0.1) is 0 Å². The molecule has 0 unspecified atom stereocenters. The van der Waals surface area contributed by atoms with Gasteiger partial charge in [-0.25, -0.2) is 4.39 Å². The second-order valence-corrected chi connectivity index (χ2v) is 5.92. The Morgan fingerprint density at radius 1 is 1.33 bits per heavy atom. The molecule has 1 aliphatic carbocycles. The highest BCUT2D eigenvalue weighted by molar-refractivity contribution is 5.72. The maximum Gasteiger partial charge on any atom is 0.308 e. The van der Waals surface area contributed by atoms with E-state index in [0.717, 1.165) is 0 Å². The summed E-state index contributed by atoms with van der Waals surface area (Å²) >= 11 is 0. The first-order valence-corrected chi connectivity index (χ1v) is 8.35. The van der Waals surface area contributed by atoms with Crippen LogP contribution in [0.5, 0.6) is 5.75 Å². The van der Waals surface area contributed by atoms with Gasteiger partial charge in [0.1, 0.15) is 17.7 Å². The van der Waals surface area contributed by atoms with E-state index in [0.29, 0.717) is 43.6 Å². The number of hydrogen-bond donors (Lipinski definition) is 1. The van der Waals surface area contributed by atoms with Crippen molar-refractivity contribution >= 4 is 5.97 Å². The Kier molecular flexibility index (Phi) is 6.99. The van der Waals surface area contributed by atoms with Crippen LogP contribution in [0.4, 0.5) is 4.39 Å². The molecule has 1 saturated carbocycles. The number of carbonyl (C=O) groups is 1. The molecule has 134 valence electrons. The van der Waals surface area contributed by atoms with E-state index in [4.69, 9.17) is 14.2 Å². The molecule has 24 heavy (non-hydrogen) atoms. The predicted octanol–water partition coefficient (Wildman–Crippen LogP) is 3.01. The Balaban J connectivity index is 1.97. The van der Waals surface area contributed by atoms with E-state index in [2.05, 4.69) is 0 Å². The number of halogens is 1. The number of hydrogen-bond acceptors (Lipinski definition) is 5. The molecule has 1 aromatic carbocycles. The van der Waals surface area contributed by atoms with Gasteiger partial charge < -0.3 is 19.3 Å². The minimum absolute atomic E-state index is 0.0823. The minimum atomic E-state index is -0.653. The lowest BCUT2D eigenvalue weighted by atomic mass is 9.87. The van der Waals surface area contributed by atoms with Crippen LogP contribution in [0.2, 0.25) is 0 Å². The molecule has 1 atom stereocenters. The summed E-state index contributed by atoms with van der Waals surface area (Å²) in [6.07, 6.45) is 2.07. The van der Waals surface area contributed by atoms with Gasteiger partial charge in [-0.2, -0.15) is 0 Å². The second-order valence-electron chi connectivity index (χ2n) is 5.92. The third kappa shape index (κ3) is 4.68. The number of aliphatic hydroxyl groups excluding tert-OH is 1. The van der Waals surface area contributed by atoms with Crippen molar-refractivity contribution in [2.24, 2.45) is 5.92 Å². The number of aliphatic hydroxyl groups is 1. The van der Waals surface area contributed by atoms with E-state index in [1.807, 2.05) is 0 Å². The molecule has 1 aliphatic rings. The monoisotopic (exact) mass is 340 g/mol. The van der Waals surface area contributed by atoms with Crippen LogP contribution in [0.3, 0.4) is 0 Å². The van der Waals surface area contributed by atoms with Crippen LogP contribution in [-0.4, -0.2) is 37.5 Å². The molecule has 1 aromatic rings. The topological polar surface area (TPSA) is 65.0 Å². The molecule has 6 heteroatoms. The fourth-order valence-corrected chi connectivity index (χ4v) is 3.10. The Morgan fingerprint density at radius 3 is 2.62 bits per heavy atom. The van der Waals surface area contributed by atoms with Crippen LogP contribution in [0.1, 0.15) is 44.3 Å². The van der Waals surface area contributed by atoms with E-state index in [1.165, 1.54) is 25.3 Å². The van der Waals surface area contributed by atoms with Crippen molar-refractivity contribution in [2.75, 3.05) is 20.3 Å². The summed E-state index contributed by atoms with van der Waals surface area (Å²) in [5.74, 6) is -0.155. The number of esters is 1. The zero-order valence-corrected chi connectivity index (χ0v) is 14.2. The average Bonchev–Trinajstić information content (AvgIpc) is 2.60.